The number of pyridine rings is 1. The number of rotatable bonds is 3. The number of fused-ring (bicyclic) bond motifs is 1. The molecule has 148 valence electrons. The molecule has 1 saturated heterocycles. The highest BCUT2D eigenvalue weighted by atomic mass is 16.2. The third-order valence-corrected chi connectivity index (χ3v) is 5.28. The predicted octanol–water partition coefficient (Wildman–Crippen LogP) is 3.80. The molecule has 3 aromatic rings. The van der Waals surface area contributed by atoms with E-state index in [2.05, 4.69) is 10.3 Å². The summed E-state index contributed by atoms with van der Waals surface area (Å²) in [5.41, 5.74) is 1.79. The lowest BCUT2D eigenvalue weighted by Gasteiger charge is -2.20. The van der Waals surface area contributed by atoms with Gasteiger partial charge in [-0.15, -0.1) is 0 Å². The zero-order chi connectivity index (χ0) is 20.2. The third kappa shape index (κ3) is 4.21. The van der Waals surface area contributed by atoms with E-state index in [-0.39, 0.29) is 17.4 Å². The van der Waals surface area contributed by atoms with Crippen molar-refractivity contribution in [2.75, 3.05) is 18.4 Å². The molecule has 2 heterocycles. The lowest BCUT2D eigenvalue weighted by atomic mass is 10.1. The Morgan fingerprint density at radius 2 is 1.59 bits per heavy atom. The highest BCUT2D eigenvalue weighted by Gasteiger charge is 2.17. The summed E-state index contributed by atoms with van der Waals surface area (Å²) in [6, 6.07) is 15.4. The topological polar surface area (TPSA) is 82.3 Å². The number of aromatic amines is 1. The van der Waals surface area contributed by atoms with Crippen molar-refractivity contribution in [2.24, 2.45) is 0 Å². The van der Waals surface area contributed by atoms with Crippen LogP contribution < -0.4 is 10.9 Å². The first kappa shape index (κ1) is 18.9. The molecule has 1 aliphatic rings. The van der Waals surface area contributed by atoms with Gasteiger partial charge in [-0.3, -0.25) is 14.4 Å². The number of benzene rings is 2. The van der Waals surface area contributed by atoms with Crippen molar-refractivity contribution in [3.63, 3.8) is 0 Å². The normalized spacial score (nSPS) is 14.4. The van der Waals surface area contributed by atoms with Crippen LogP contribution in [-0.4, -0.2) is 34.8 Å². The van der Waals surface area contributed by atoms with Crippen LogP contribution in [0.4, 0.5) is 5.69 Å². The summed E-state index contributed by atoms with van der Waals surface area (Å²) in [7, 11) is 0. The average Bonchev–Trinajstić information content (AvgIpc) is 3.02. The average molecular weight is 389 g/mol. The van der Waals surface area contributed by atoms with E-state index in [1.54, 1.807) is 42.5 Å². The zero-order valence-corrected chi connectivity index (χ0v) is 16.1. The molecular weight excluding hydrogens is 366 g/mol. The molecule has 0 radical (unpaired) electrons. The van der Waals surface area contributed by atoms with Gasteiger partial charge in [0.05, 0.1) is 5.56 Å². The van der Waals surface area contributed by atoms with Crippen molar-refractivity contribution >= 4 is 28.4 Å². The molecule has 2 aromatic carbocycles. The molecule has 0 spiro atoms. The number of nitrogens with one attached hydrogen (secondary N) is 2. The molecule has 4 rings (SSSR count). The van der Waals surface area contributed by atoms with E-state index in [0.717, 1.165) is 25.9 Å². The second-order valence-electron chi connectivity index (χ2n) is 7.33. The first-order chi connectivity index (χ1) is 14.1. The number of hydrogen-bond donors (Lipinski definition) is 2. The van der Waals surface area contributed by atoms with Crippen LogP contribution in [0, 0.1) is 0 Å². The first-order valence-corrected chi connectivity index (χ1v) is 9.94. The van der Waals surface area contributed by atoms with Gasteiger partial charge >= 0.3 is 0 Å². The largest absolute Gasteiger partial charge is 0.339 e. The summed E-state index contributed by atoms with van der Waals surface area (Å²) in [5.74, 6) is -0.329. The summed E-state index contributed by atoms with van der Waals surface area (Å²) in [4.78, 5) is 41.9. The Morgan fingerprint density at radius 3 is 2.31 bits per heavy atom. The monoisotopic (exact) mass is 389 g/mol. The zero-order valence-electron chi connectivity index (χ0n) is 16.1. The highest BCUT2D eigenvalue weighted by Crippen LogP contribution is 2.18. The fraction of sp³-hybridized carbons (Fsp3) is 0.261. The fourth-order valence-corrected chi connectivity index (χ4v) is 3.74. The van der Waals surface area contributed by atoms with Crippen LogP contribution in [0.15, 0.2) is 59.4 Å². The molecule has 1 fully saturated rings. The number of nitrogens with zero attached hydrogens (tertiary/aromatic N) is 1. The molecule has 29 heavy (non-hydrogen) atoms. The van der Waals surface area contributed by atoms with Gasteiger partial charge in [0.2, 0.25) is 5.56 Å². The molecule has 6 heteroatoms. The maximum atomic E-state index is 12.7. The van der Waals surface area contributed by atoms with E-state index < -0.39 is 0 Å². The summed E-state index contributed by atoms with van der Waals surface area (Å²) >= 11 is 0. The predicted molar refractivity (Wildman–Crippen MR) is 113 cm³/mol. The molecule has 0 unspecified atom stereocenters. The first-order valence-electron chi connectivity index (χ1n) is 9.94. The number of para-hydroxylation sites is 1. The van der Waals surface area contributed by atoms with E-state index in [1.807, 2.05) is 11.0 Å². The molecule has 0 saturated carbocycles. The Labute approximate surface area is 168 Å². The van der Waals surface area contributed by atoms with Crippen molar-refractivity contribution in [1.29, 1.82) is 0 Å². The highest BCUT2D eigenvalue weighted by molar-refractivity contribution is 6.12. The van der Waals surface area contributed by atoms with Gasteiger partial charge in [-0.1, -0.05) is 31.0 Å². The molecule has 0 atom stereocenters. The van der Waals surface area contributed by atoms with Crippen molar-refractivity contribution in [2.45, 2.75) is 25.7 Å². The molecular formula is C23H23N3O3. The van der Waals surface area contributed by atoms with Crippen LogP contribution >= 0.6 is 0 Å². The summed E-state index contributed by atoms with van der Waals surface area (Å²) in [6.07, 6.45) is 4.44. The van der Waals surface area contributed by atoms with E-state index in [0.29, 0.717) is 27.7 Å². The van der Waals surface area contributed by atoms with Gasteiger partial charge in [0.15, 0.2) is 0 Å². The van der Waals surface area contributed by atoms with Gasteiger partial charge in [-0.2, -0.15) is 0 Å². The van der Waals surface area contributed by atoms with Gasteiger partial charge < -0.3 is 15.2 Å². The molecule has 2 N–H and O–H groups in total. The van der Waals surface area contributed by atoms with E-state index >= 15 is 0 Å². The van der Waals surface area contributed by atoms with Gasteiger partial charge in [0.1, 0.15) is 0 Å². The molecule has 2 amide bonds. The van der Waals surface area contributed by atoms with Gasteiger partial charge in [-0.05, 0) is 43.2 Å². The van der Waals surface area contributed by atoms with E-state index in [1.165, 1.54) is 18.9 Å². The van der Waals surface area contributed by atoms with Crippen LogP contribution in [-0.2, 0) is 0 Å². The number of H-pyrrole nitrogens is 1. The number of carbonyl (C=O) groups is 2. The maximum Gasteiger partial charge on any atom is 0.256 e. The lowest BCUT2D eigenvalue weighted by Crippen LogP contribution is -2.31. The molecule has 0 bridgehead atoms. The van der Waals surface area contributed by atoms with Crippen molar-refractivity contribution < 1.29 is 9.59 Å². The van der Waals surface area contributed by atoms with E-state index in [4.69, 9.17) is 0 Å². The van der Waals surface area contributed by atoms with Gasteiger partial charge in [-0.25, -0.2) is 0 Å². The molecule has 6 nitrogen and oxygen atoms in total. The minimum absolute atomic E-state index is 0.0327. The van der Waals surface area contributed by atoms with E-state index in [9.17, 15) is 14.4 Å². The van der Waals surface area contributed by atoms with Crippen LogP contribution in [0.25, 0.3) is 10.9 Å². The van der Waals surface area contributed by atoms with Crippen LogP contribution in [0.5, 0.6) is 0 Å². The molecule has 0 aliphatic carbocycles. The standard InChI is InChI=1S/C23H23N3O3/c27-21-15-19(18-7-3-4-8-20(18)25-21)22(28)24-17-11-9-16(10-12-17)23(29)26-13-5-1-2-6-14-26/h3-4,7-12,15H,1-2,5-6,13-14H2,(H,24,28)(H,25,27). The Kier molecular flexibility index (Phi) is 5.42. The van der Waals surface area contributed by atoms with Crippen LogP contribution in [0.2, 0.25) is 0 Å². The number of hydrogen-bond acceptors (Lipinski definition) is 3. The second kappa shape index (κ2) is 8.31. The number of aromatic nitrogens is 1. The van der Waals surface area contributed by atoms with Crippen molar-refractivity contribution in [3.8, 4) is 0 Å². The second-order valence-corrected chi connectivity index (χ2v) is 7.33. The number of anilines is 1. The smallest absolute Gasteiger partial charge is 0.256 e. The Hall–Kier alpha value is -3.41. The molecule has 1 aliphatic heterocycles. The van der Waals surface area contributed by atoms with Crippen LogP contribution in [0.1, 0.15) is 46.4 Å². The Balaban J connectivity index is 1.51. The molecule has 1 aromatic heterocycles. The summed E-state index contributed by atoms with van der Waals surface area (Å²) in [6.45, 7) is 1.60. The van der Waals surface area contributed by atoms with Crippen molar-refractivity contribution in [1.82, 2.24) is 9.88 Å². The summed E-state index contributed by atoms with van der Waals surface area (Å²) in [5, 5.41) is 3.49. The number of amides is 2. The maximum absolute atomic E-state index is 12.7. The third-order valence-electron chi connectivity index (χ3n) is 5.28. The minimum Gasteiger partial charge on any atom is -0.339 e. The Bertz CT molecular complexity index is 1090. The van der Waals surface area contributed by atoms with Crippen molar-refractivity contribution in [3.05, 3.63) is 76.1 Å². The SMILES string of the molecule is O=C(Nc1ccc(C(=O)N2CCCCCC2)cc1)c1cc(=O)[nH]c2ccccc12. The summed E-state index contributed by atoms with van der Waals surface area (Å²) < 4.78 is 0. The Morgan fingerprint density at radius 1 is 0.897 bits per heavy atom. The quantitative estimate of drug-likeness (QED) is 0.715. The lowest BCUT2D eigenvalue weighted by molar-refractivity contribution is 0.0761. The van der Waals surface area contributed by atoms with Gasteiger partial charge in [0.25, 0.3) is 11.8 Å². The van der Waals surface area contributed by atoms with Crippen LogP contribution in [0.3, 0.4) is 0 Å². The van der Waals surface area contributed by atoms with Gasteiger partial charge in [0, 0.05) is 41.3 Å². The minimum atomic E-state index is -0.362. The number of likely N-dealkylation sites (tertiary alicyclic amines) is 1. The number of carbonyl (C=O) groups excluding carboxylic acids is 2. The fourth-order valence-electron chi connectivity index (χ4n) is 3.74.